The number of nitriles is 1. The number of para-hydroxylation sites is 1. The molecule has 0 unspecified atom stereocenters. The van der Waals surface area contributed by atoms with E-state index in [0.717, 1.165) is 32.4 Å². The smallest absolute Gasteiger partial charge is 0.189 e. The van der Waals surface area contributed by atoms with E-state index >= 15 is 0 Å². The maximum absolute atomic E-state index is 9.32. The molecule has 0 radical (unpaired) electrons. The monoisotopic (exact) mass is 414 g/mol. The molecule has 0 atom stereocenters. The summed E-state index contributed by atoms with van der Waals surface area (Å²) >= 11 is 1.49. The van der Waals surface area contributed by atoms with Gasteiger partial charge in [-0.3, -0.25) is 0 Å². The van der Waals surface area contributed by atoms with Crippen LogP contribution in [-0.2, 0) is 5.41 Å². The number of fused-ring (bicyclic) bond motifs is 1. The molecule has 6 nitrogen and oxygen atoms in total. The van der Waals surface area contributed by atoms with Gasteiger partial charge in [-0.2, -0.15) is 5.26 Å². The number of nitrogens with zero attached hydrogens (tertiary/aromatic N) is 4. The van der Waals surface area contributed by atoms with Crippen molar-refractivity contribution in [2.24, 2.45) is 0 Å². The Kier molecular flexibility index (Phi) is 5.10. The van der Waals surface area contributed by atoms with Crippen LogP contribution >= 0.6 is 11.3 Å². The summed E-state index contributed by atoms with van der Waals surface area (Å²) in [5.41, 5.74) is 5.44. The van der Waals surface area contributed by atoms with Crippen molar-refractivity contribution in [1.29, 1.82) is 5.26 Å². The summed E-state index contributed by atoms with van der Waals surface area (Å²) in [6, 6.07) is 16.3. The van der Waals surface area contributed by atoms with Gasteiger partial charge in [0.2, 0.25) is 0 Å². The number of rotatable bonds is 5. The molecule has 2 aromatic heterocycles. The van der Waals surface area contributed by atoms with Crippen molar-refractivity contribution in [2.75, 3.05) is 10.6 Å². The fourth-order valence-electron chi connectivity index (χ4n) is 3.19. The third-order valence-corrected chi connectivity index (χ3v) is 5.94. The maximum Gasteiger partial charge on any atom is 0.189 e. The van der Waals surface area contributed by atoms with Crippen molar-refractivity contribution in [3.8, 4) is 6.07 Å². The van der Waals surface area contributed by atoms with Crippen LogP contribution in [0, 0.1) is 25.2 Å². The molecule has 0 aliphatic carbocycles. The summed E-state index contributed by atoms with van der Waals surface area (Å²) in [7, 11) is 0. The second kappa shape index (κ2) is 7.73. The second-order valence-electron chi connectivity index (χ2n) is 7.73. The van der Waals surface area contributed by atoms with Gasteiger partial charge in [0.25, 0.3) is 0 Å². The molecule has 0 saturated heterocycles. The van der Waals surface area contributed by atoms with E-state index < -0.39 is 5.41 Å². The van der Waals surface area contributed by atoms with Gasteiger partial charge in [0, 0.05) is 11.4 Å². The van der Waals surface area contributed by atoms with E-state index in [4.69, 9.17) is 4.98 Å². The maximum atomic E-state index is 9.32. The zero-order valence-electron chi connectivity index (χ0n) is 17.3. The lowest BCUT2D eigenvalue weighted by Gasteiger charge is -2.16. The van der Waals surface area contributed by atoms with E-state index in [1.165, 1.54) is 22.5 Å². The Bertz CT molecular complexity index is 1230. The number of nitrogens with one attached hydrogen (secondary N) is 2. The normalized spacial score (nSPS) is 11.3. The third-order valence-electron chi connectivity index (χ3n) is 5.06. The number of aryl methyl sites for hydroxylation is 2. The molecule has 150 valence electrons. The van der Waals surface area contributed by atoms with Crippen molar-refractivity contribution in [3.05, 3.63) is 65.5 Å². The number of thiazole rings is 1. The van der Waals surface area contributed by atoms with Gasteiger partial charge < -0.3 is 10.6 Å². The quantitative estimate of drug-likeness (QED) is 0.417. The number of hydrogen-bond acceptors (Lipinski definition) is 7. The molecule has 0 bridgehead atoms. The van der Waals surface area contributed by atoms with E-state index in [2.05, 4.69) is 52.7 Å². The van der Waals surface area contributed by atoms with E-state index in [9.17, 15) is 5.26 Å². The van der Waals surface area contributed by atoms with Gasteiger partial charge in [-0.15, -0.1) is 0 Å². The van der Waals surface area contributed by atoms with Crippen LogP contribution in [0.25, 0.3) is 10.3 Å². The van der Waals surface area contributed by atoms with Crippen molar-refractivity contribution in [3.63, 3.8) is 0 Å². The van der Waals surface area contributed by atoms with Crippen molar-refractivity contribution >= 4 is 44.0 Å². The summed E-state index contributed by atoms with van der Waals surface area (Å²) < 4.78 is 0. The average Bonchev–Trinajstić information content (AvgIpc) is 3.15. The Hall–Kier alpha value is -3.50. The summed E-state index contributed by atoms with van der Waals surface area (Å²) in [4.78, 5) is 14.3. The lowest BCUT2D eigenvalue weighted by molar-refractivity contribution is 0.687. The van der Waals surface area contributed by atoms with E-state index in [1.807, 2.05) is 44.2 Å². The topological polar surface area (TPSA) is 86.5 Å². The minimum atomic E-state index is -0.524. The largest absolute Gasteiger partial charge is 0.338 e. The zero-order chi connectivity index (χ0) is 21.3. The molecule has 0 saturated carbocycles. The van der Waals surface area contributed by atoms with Gasteiger partial charge in [0.05, 0.1) is 11.5 Å². The fraction of sp³-hybridized carbons (Fsp3) is 0.217. The van der Waals surface area contributed by atoms with Crippen LogP contribution in [0.4, 0.5) is 22.3 Å². The molecule has 30 heavy (non-hydrogen) atoms. The Balaban J connectivity index is 1.62. The second-order valence-corrected chi connectivity index (χ2v) is 8.70. The summed E-state index contributed by atoms with van der Waals surface area (Å²) in [6.45, 7) is 7.96. The Labute approximate surface area is 179 Å². The molecule has 2 N–H and O–H groups in total. The molecule has 0 amide bonds. The lowest BCUT2D eigenvalue weighted by atomic mass is 9.86. The summed E-state index contributed by atoms with van der Waals surface area (Å²) in [6.07, 6.45) is 1.54. The molecule has 4 aromatic rings. The highest BCUT2D eigenvalue weighted by atomic mass is 32.1. The number of anilines is 4. The van der Waals surface area contributed by atoms with E-state index in [1.54, 1.807) is 6.33 Å². The van der Waals surface area contributed by atoms with Crippen LogP contribution in [0.3, 0.4) is 0 Å². The SMILES string of the molecule is Cc1cccc(C)c1Nc1nc2c(Nc3ccc(C(C)(C)C#N)cc3)ncnc2s1. The minimum Gasteiger partial charge on any atom is -0.338 e. The highest BCUT2D eigenvalue weighted by Gasteiger charge is 2.19. The highest BCUT2D eigenvalue weighted by Crippen LogP contribution is 2.33. The molecule has 2 aromatic carbocycles. The standard InChI is InChI=1S/C23H22N6S/c1-14-6-5-7-15(2)18(14)28-22-29-19-20(25-13-26-21(19)30-22)27-17-10-8-16(9-11-17)23(3,4)12-24/h5-11,13H,1-4H3,(H,28,29)(H,25,26,27). The Morgan fingerprint density at radius 3 is 2.33 bits per heavy atom. The van der Waals surface area contributed by atoms with Crippen LogP contribution < -0.4 is 10.6 Å². The summed E-state index contributed by atoms with van der Waals surface area (Å²) in [5, 5.41) is 16.9. The van der Waals surface area contributed by atoms with Gasteiger partial charge in [-0.05, 0) is 56.5 Å². The van der Waals surface area contributed by atoms with Crippen LogP contribution in [-0.4, -0.2) is 15.0 Å². The number of benzene rings is 2. The lowest BCUT2D eigenvalue weighted by Crippen LogP contribution is -2.13. The molecule has 7 heteroatoms. The van der Waals surface area contributed by atoms with Crippen LogP contribution in [0.1, 0.15) is 30.5 Å². The third kappa shape index (κ3) is 3.82. The van der Waals surface area contributed by atoms with E-state index in [0.29, 0.717) is 5.82 Å². The number of aromatic nitrogens is 3. The highest BCUT2D eigenvalue weighted by molar-refractivity contribution is 7.21. The molecule has 0 aliphatic heterocycles. The first-order chi connectivity index (χ1) is 14.4. The minimum absolute atomic E-state index is 0.524. The first-order valence-electron chi connectivity index (χ1n) is 9.61. The zero-order valence-corrected chi connectivity index (χ0v) is 18.1. The Morgan fingerprint density at radius 2 is 1.67 bits per heavy atom. The molecular weight excluding hydrogens is 392 g/mol. The van der Waals surface area contributed by atoms with E-state index in [-0.39, 0.29) is 0 Å². The van der Waals surface area contributed by atoms with Crippen LogP contribution in [0.15, 0.2) is 48.8 Å². The summed E-state index contributed by atoms with van der Waals surface area (Å²) in [5.74, 6) is 0.651. The molecule has 0 aliphatic rings. The van der Waals surface area contributed by atoms with Gasteiger partial charge in [-0.1, -0.05) is 41.7 Å². The Morgan fingerprint density at radius 1 is 0.967 bits per heavy atom. The molecular formula is C23H22N6S. The number of hydrogen-bond donors (Lipinski definition) is 2. The van der Waals surface area contributed by atoms with Crippen molar-refractivity contribution in [2.45, 2.75) is 33.1 Å². The van der Waals surface area contributed by atoms with Gasteiger partial charge in [-0.25, -0.2) is 15.0 Å². The molecule has 2 heterocycles. The van der Waals surface area contributed by atoms with Crippen molar-refractivity contribution < 1.29 is 0 Å². The average molecular weight is 415 g/mol. The first kappa shape index (κ1) is 19.8. The van der Waals surface area contributed by atoms with Gasteiger partial charge >= 0.3 is 0 Å². The van der Waals surface area contributed by atoms with Gasteiger partial charge in [0.1, 0.15) is 11.8 Å². The molecule has 0 fully saturated rings. The van der Waals surface area contributed by atoms with Crippen LogP contribution in [0.2, 0.25) is 0 Å². The molecule has 0 spiro atoms. The van der Waals surface area contributed by atoms with Gasteiger partial charge in [0.15, 0.2) is 15.8 Å². The van der Waals surface area contributed by atoms with Crippen molar-refractivity contribution in [1.82, 2.24) is 15.0 Å². The predicted octanol–water partition coefficient (Wildman–Crippen LogP) is 5.99. The molecule has 4 rings (SSSR count). The van der Waals surface area contributed by atoms with Crippen LogP contribution in [0.5, 0.6) is 0 Å². The predicted molar refractivity (Wildman–Crippen MR) is 123 cm³/mol. The fourth-order valence-corrected chi connectivity index (χ4v) is 4.00. The first-order valence-corrected chi connectivity index (χ1v) is 10.4.